The number of hydrogen-bond donors (Lipinski definition) is 0. The minimum Gasteiger partial charge on any atom is -0.456 e. The zero-order chi connectivity index (χ0) is 12.1. The highest BCUT2D eigenvalue weighted by Crippen LogP contribution is 2.23. The van der Waals surface area contributed by atoms with Crippen LogP contribution in [0.1, 0.15) is 25.5 Å². The average Bonchev–Trinajstić information content (AvgIpc) is 2.26. The van der Waals surface area contributed by atoms with Gasteiger partial charge in [-0.25, -0.2) is 0 Å². The Bertz CT molecular complexity index is 335. The fraction of sp³-hybridized carbons (Fsp3) is 0.462. The van der Waals surface area contributed by atoms with Gasteiger partial charge in [0.05, 0.1) is 0 Å². The lowest BCUT2D eigenvalue weighted by Crippen LogP contribution is -2.33. The summed E-state index contributed by atoms with van der Waals surface area (Å²) in [5, 5.41) is 0. The van der Waals surface area contributed by atoms with Crippen molar-refractivity contribution in [3.8, 4) is 0 Å². The molecule has 3 nitrogen and oxygen atoms in total. The SMILES string of the molecule is CC(=O)O[C@H](c1ccccc1)[C@@H](C)N(C)C. The Morgan fingerprint density at radius 3 is 2.25 bits per heavy atom. The third-order valence-corrected chi connectivity index (χ3v) is 2.67. The normalized spacial score (nSPS) is 14.6. The molecule has 0 N–H and O–H groups in total. The first-order valence-corrected chi connectivity index (χ1v) is 5.41. The summed E-state index contributed by atoms with van der Waals surface area (Å²) in [6.45, 7) is 3.49. The van der Waals surface area contributed by atoms with Gasteiger partial charge in [0.25, 0.3) is 0 Å². The van der Waals surface area contributed by atoms with Crippen molar-refractivity contribution in [2.24, 2.45) is 0 Å². The number of likely N-dealkylation sites (N-methyl/N-ethyl adjacent to an activating group) is 1. The van der Waals surface area contributed by atoms with Crippen molar-refractivity contribution in [1.82, 2.24) is 4.90 Å². The molecule has 16 heavy (non-hydrogen) atoms. The van der Waals surface area contributed by atoms with Crippen LogP contribution in [0.4, 0.5) is 0 Å². The lowest BCUT2D eigenvalue weighted by molar-refractivity contribution is -0.149. The molecule has 0 aliphatic rings. The highest BCUT2D eigenvalue weighted by atomic mass is 16.5. The van der Waals surface area contributed by atoms with Crippen LogP contribution >= 0.6 is 0 Å². The quantitative estimate of drug-likeness (QED) is 0.730. The second-order valence-electron chi connectivity index (χ2n) is 4.14. The number of rotatable bonds is 4. The predicted molar refractivity (Wildman–Crippen MR) is 64.1 cm³/mol. The van der Waals surface area contributed by atoms with Crippen molar-refractivity contribution < 1.29 is 9.53 Å². The van der Waals surface area contributed by atoms with Crippen molar-refractivity contribution in [1.29, 1.82) is 0 Å². The summed E-state index contributed by atoms with van der Waals surface area (Å²) in [6.07, 6.45) is -0.214. The molecule has 0 bridgehead atoms. The molecule has 0 aliphatic heterocycles. The summed E-state index contributed by atoms with van der Waals surface area (Å²) in [5.74, 6) is -0.248. The molecule has 0 amide bonds. The summed E-state index contributed by atoms with van der Waals surface area (Å²) in [7, 11) is 3.95. The summed E-state index contributed by atoms with van der Waals surface area (Å²) in [6, 6.07) is 9.96. The van der Waals surface area contributed by atoms with Gasteiger partial charge in [0.1, 0.15) is 6.10 Å². The predicted octanol–water partition coefficient (Wildman–Crippen LogP) is 2.24. The van der Waals surface area contributed by atoms with Crippen LogP contribution in [0.5, 0.6) is 0 Å². The van der Waals surface area contributed by atoms with Gasteiger partial charge < -0.3 is 9.64 Å². The van der Waals surface area contributed by atoms with Gasteiger partial charge in [-0.05, 0) is 26.6 Å². The largest absolute Gasteiger partial charge is 0.456 e. The summed E-state index contributed by atoms with van der Waals surface area (Å²) < 4.78 is 5.38. The highest BCUT2D eigenvalue weighted by Gasteiger charge is 2.23. The summed E-state index contributed by atoms with van der Waals surface area (Å²) in [5.41, 5.74) is 1.03. The smallest absolute Gasteiger partial charge is 0.303 e. The van der Waals surface area contributed by atoms with Crippen molar-refractivity contribution in [2.45, 2.75) is 26.0 Å². The molecule has 0 heterocycles. The Morgan fingerprint density at radius 2 is 1.81 bits per heavy atom. The highest BCUT2D eigenvalue weighted by molar-refractivity contribution is 5.66. The third kappa shape index (κ3) is 3.35. The van der Waals surface area contributed by atoms with Gasteiger partial charge in [-0.2, -0.15) is 0 Å². The Morgan fingerprint density at radius 1 is 1.25 bits per heavy atom. The molecule has 0 fully saturated rings. The molecule has 1 rings (SSSR count). The lowest BCUT2D eigenvalue weighted by Gasteiger charge is -2.29. The van der Waals surface area contributed by atoms with E-state index in [1.165, 1.54) is 6.92 Å². The van der Waals surface area contributed by atoms with E-state index in [4.69, 9.17) is 4.74 Å². The molecule has 2 atom stereocenters. The minimum atomic E-state index is -0.248. The number of benzene rings is 1. The zero-order valence-corrected chi connectivity index (χ0v) is 10.3. The molecule has 3 heteroatoms. The van der Waals surface area contributed by atoms with E-state index in [-0.39, 0.29) is 18.1 Å². The van der Waals surface area contributed by atoms with E-state index >= 15 is 0 Å². The van der Waals surface area contributed by atoms with E-state index in [1.807, 2.05) is 56.3 Å². The molecule has 0 aromatic heterocycles. The van der Waals surface area contributed by atoms with Crippen molar-refractivity contribution in [3.05, 3.63) is 35.9 Å². The van der Waals surface area contributed by atoms with Crippen LogP contribution in [0.3, 0.4) is 0 Å². The van der Waals surface area contributed by atoms with Crippen LogP contribution in [0.25, 0.3) is 0 Å². The monoisotopic (exact) mass is 221 g/mol. The molecule has 88 valence electrons. The van der Waals surface area contributed by atoms with Gasteiger partial charge in [0.15, 0.2) is 0 Å². The maximum absolute atomic E-state index is 11.1. The minimum absolute atomic E-state index is 0.145. The maximum Gasteiger partial charge on any atom is 0.303 e. The summed E-state index contributed by atoms with van der Waals surface area (Å²) >= 11 is 0. The number of esters is 1. The van der Waals surface area contributed by atoms with E-state index in [9.17, 15) is 4.79 Å². The van der Waals surface area contributed by atoms with Crippen molar-refractivity contribution in [2.75, 3.05) is 14.1 Å². The van der Waals surface area contributed by atoms with Crippen LogP contribution < -0.4 is 0 Å². The van der Waals surface area contributed by atoms with Crippen LogP contribution in [0.2, 0.25) is 0 Å². The Kier molecular flexibility index (Phi) is 4.50. The molecular weight excluding hydrogens is 202 g/mol. The molecule has 0 saturated carbocycles. The van der Waals surface area contributed by atoms with Crippen molar-refractivity contribution >= 4 is 5.97 Å². The summed E-state index contributed by atoms with van der Waals surface area (Å²) in [4.78, 5) is 13.2. The van der Waals surface area contributed by atoms with Crippen LogP contribution in [-0.4, -0.2) is 31.0 Å². The molecule has 0 unspecified atom stereocenters. The van der Waals surface area contributed by atoms with Gasteiger partial charge in [0, 0.05) is 13.0 Å². The van der Waals surface area contributed by atoms with Crippen LogP contribution in [-0.2, 0) is 9.53 Å². The topological polar surface area (TPSA) is 29.5 Å². The van der Waals surface area contributed by atoms with E-state index in [1.54, 1.807) is 0 Å². The molecule has 0 spiro atoms. The third-order valence-electron chi connectivity index (χ3n) is 2.67. The van der Waals surface area contributed by atoms with Gasteiger partial charge in [-0.3, -0.25) is 4.79 Å². The number of ether oxygens (including phenoxy) is 1. The average molecular weight is 221 g/mol. The Labute approximate surface area is 97.0 Å². The van der Waals surface area contributed by atoms with Crippen LogP contribution in [0.15, 0.2) is 30.3 Å². The van der Waals surface area contributed by atoms with E-state index in [0.29, 0.717) is 0 Å². The number of carbonyl (C=O) groups excluding carboxylic acids is 1. The molecule has 0 radical (unpaired) electrons. The van der Waals surface area contributed by atoms with Gasteiger partial charge in [-0.15, -0.1) is 0 Å². The maximum atomic E-state index is 11.1. The fourth-order valence-electron chi connectivity index (χ4n) is 1.54. The van der Waals surface area contributed by atoms with Gasteiger partial charge >= 0.3 is 5.97 Å². The molecular formula is C13H19NO2. The number of hydrogen-bond acceptors (Lipinski definition) is 3. The number of carbonyl (C=O) groups is 1. The first-order valence-electron chi connectivity index (χ1n) is 5.41. The van der Waals surface area contributed by atoms with Gasteiger partial charge in [-0.1, -0.05) is 30.3 Å². The molecule has 0 saturated heterocycles. The zero-order valence-electron chi connectivity index (χ0n) is 10.3. The second kappa shape index (κ2) is 5.66. The van der Waals surface area contributed by atoms with Gasteiger partial charge in [0.2, 0.25) is 0 Å². The van der Waals surface area contributed by atoms with E-state index in [0.717, 1.165) is 5.56 Å². The molecule has 1 aromatic rings. The van der Waals surface area contributed by atoms with Crippen LogP contribution in [0, 0.1) is 0 Å². The molecule has 0 aliphatic carbocycles. The first-order chi connectivity index (χ1) is 7.52. The van der Waals surface area contributed by atoms with Crippen molar-refractivity contribution in [3.63, 3.8) is 0 Å². The first kappa shape index (κ1) is 12.7. The standard InChI is InChI=1S/C13H19NO2/c1-10(14(3)4)13(16-11(2)15)12-8-6-5-7-9-12/h5-10,13H,1-4H3/t10-,13+/m1/s1. The van der Waals surface area contributed by atoms with E-state index in [2.05, 4.69) is 0 Å². The lowest BCUT2D eigenvalue weighted by atomic mass is 10.0. The second-order valence-corrected chi connectivity index (χ2v) is 4.14. The van der Waals surface area contributed by atoms with E-state index < -0.39 is 0 Å². The fourth-order valence-corrected chi connectivity index (χ4v) is 1.54. The Balaban J connectivity index is 2.91. The molecule has 1 aromatic carbocycles. The Hall–Kier alpha value is -1.35. The number of nitrogens with zero attached hydrogens (tertiary/aromatic N) is 1.